The fourth-order valence-corrected chi connectivity index (χ4v) is 5.53. The van der Waals surface area contributed by atoms with Gasteiger partial charge in [0, 0.05) is 0 Å². The van der Waals surface area contributed by atoms with Crippen LogP contribution in [0.1, 0.15) is 100 Å². The molecule has 0 aromatic heterocycles. The number of hydrogen-bond donors (Lipinski definition) is 0. The van der Waals surface area contributed by atoms with Crippen LogP contribution in [0.2, 0.25) is 0 Å². The smallest absolute Gasteiger partial charge is 0.0251 e. The van der Waals surface area contributed by atoms with E-state index in [1.807, 2.05) is 0 Å². The molecular formula is C22H44. The van der Waals surface area contributed by atoms with Crippen molar-refractivity contribution in [2.45, 2.75) is 100 Å². The molecule has 0 aromatic rings. The SMILES string of the molecule is CC(C)C1(C(C)C)CCCC1.CC(C)C1CCCC1C(C)C. The lowest BCUT2D eigenvalue weighted by Crippen LogP contribution is -2.29. The highest BCUT2D eigenvalue weighted by atomic mass is 14.4. The zero-order valence-corrected chi connectivity index (χ0v) is 16.9. The van der Waals surface area contributed by atoms with E-state index in [9.17, 15) is 0 Å². The van der Waals surface area contributed by atoms with Crippen LogP contribution in [0.3, 0.4) is 0 Å². The Morgan fingerprint density at radius 1 is 0.591 bits per heavy atom. The van der Waals surface area contributed by atoms with Crippen LogP contribution in [-0.4, -0.2) is 0 Å². The fourth-order valence-electron chi connectivity index (χ4n) is 5.53. The van der Waals surface area contributed by atoms with Crippen molar-refractivity contribution in [3.63, 3.8) is 0 Å². The maximum atomic E-state index is 2.39. The average molecular weight is 309 g/mol. The second-order valence-corrected chi connectivity index (χ2v) is 9.50. The molecule has 0 saturated heterocycles. The first kappa shape index (κ1) is 20.0. The lowest BCUT2D eigenvalue weighted by Gasteiger charge is -2.37. The van der Waals surface area contributed by atoms with E-state index >= 15 is 0 Å². The molecular weight excluding hydrogens is 264 g/mol. The van der Waals surface area contributed by atoms with E-state index in [1.165, 1.54) is 44.9 Å². The zero-order chi connectivity index (χ0) is 16.9. The van der Waals surface area contributed by atoms with Gasteiger partial charge in [0.25, 0.3) is 0 Å². The van der Waals surface area contributed by atoms with Gasteiger partial charge in [-0.25, -0.2) is 0 Å². The summed E-state index contributed by atoms with van der Waals surface area (Å²) >= 11 is 0. The van der Waals surface area contributed by atoms with Gasteiger partial charge in [-0.3, -0.25) is 0 Å². The summed E-state index contributed by atoms with van der Waals surface area (Å²) in [5, 5.41) is 0. The highest BCUT2D eigenvalue weighted by molar-refractivity contribution is 4.89. The molecule has 0 heteroatoms. The quantitative estimate of drug-likeness (QED) is 0.502. The molecule has 2 rings (SSSR count). The first-order valence-electron chi connectivity index (χ1n) is 10.2. The standard InChI is InChI=1S/2C11H22/c1-9(2)11(10(3)4)7-5-6-8-11;1-8(2)10-6-5-7-11(10)9(3)4/h9-10H,5-8H2,1-4H3;8-11H,5-7H2,1-4H3. The third-order valence-electron chi connectivity index (χ3n) is 7.17. The van der Waals surface area contributed by atoms with Crippen molar-refractivity contribution in [2.75, 3.05) is 0 Å². The molecule has 2 atom stereocenters. The van der Waals surface area contributed by atoms with Crippen molar-refractivity contribution in [2.24, 2.45) is 40.9 Å². The minimum atomic E-state index is 0.694. The van der Waals surface area contributed by atoms with E-state index < -0.39 is 0 Å². The number of hydrogen-bond acceptors (Lipinski definition) is 0. The fraction of sp³-hybridized carbons (Fsp3) is 1.00. The van der Waals surface area contributed by atoms with Crippen molar-refractivity contribution < 1.29 is 0 Å². The van der Waals surface area contributed by atoms with Crippen LogP contribution in [-0.2, 0) is 0 Å². The summed E-state index contributed by atoms with van der Waals surface area (Å²) in [7, 11) is 0. The van der Waals surface area contributed by atoms with Crippen LogP contribution < -0.4 is 0 Å². The summed E-state index contributed by atoms with van der Waals surface area (Å²) in [4.78, 5) is 0. The molecule has 0 radical (unpaired) electrons. The summed E-state index contributed by atoms with van der Waals surface area (Å²) in [6.45, 7) is 19.1. The third-order valence-corrected chi connectivity index (χ3v) is 7.17. The van der Waals surface area contributed by atoms with Crippen LogP contribution in [0.15, 0.2) is 0 Å². The second-order valence-electron chi connectivity index (χ2n) is 9.50. The minimum absolute atomic E-state index is 0.694. The molecule has 0 bridgehead atoms. The Kier molecular flexibility index (Phi) is 7.96. The van der Waals surface area contributed by atoms with Gasteiger partial charge in [-0.1, -0.05) is 74.7 Å². The lowest BCUT2D eigenvalue weighted by atomic mass is 9.68. The Bertz CT molecular complexity index is 267. The normalized spacial score (nSPS) is 27.8. The van der Waals surface area contributed by atoms with Gasteiger partial charge < -0.3 is 0 Å². The summed E-state index contributed by atoms with van der Waals surface area (Å²) in [6, 6.07) is 0. The average Bonchev–Trinajstić information content (AvgIpc) is 3.09. The molecule has 2 saturated carbocycles. The molecule has 0 N–H and O–H groups in total. The predicted octanol–water partition coefficient (Wildman–Crippen LogP) is 7.57. The predicted molar refractivity (Wildman–Crippen MR) is 101 cm³/mol. The molecule has 0 spiro atoms. The Morgan fingerprint density at radius 3 is 1.18 bits per heavy atom. The molecule has 132 valence electrons. The molecule has 0 aliphatic heterocycles. The molecule has 0 nitrogen and oxygen atoms in total. The Hall–Kier alpha value is 0. The molecule has 0 heterocycles. The topological polar surface area (TPSA) is 0 Å². The first-order chi connectivity index (χ1) is 10.2. The Balaban J connectivity index is 0.000000220. The van der Waals surface area contributed by atoms with Crippen molar-refractivity contribution >= 4 is 0 Å². The highest BCUT2D eigenvalue weighted by Crippen LogP contribution is 2.49. The van der Waals surface area contributed by atoms with Gasteiger partial charge in [0.15, 0.2) is 0 Å². The van der Waals surface area contributed by atoms with E-state index in [0.717, 1.165) is 35.5 Å². The Morgan fingerprint density at radius 2 is 0.955 bits per heavy atom. The molecule has 0 aromatic carbocycles. The van der Waals surface area contributed by atoms with E-state index in [1.54, 1.807) is 0 Å². The van der Waals surface area contributed by atoms with Crippen LogP contribution in [0, 0.1) is 40.9 Å². The van der Waals surface area contributed by atoms with Crippen LogP contribution in [0.5, 0.6) is 0 Å². The van der Waals surface area contributed by atoms with Gasteiger partial charge in [-0.05, 0) is 66.6 Å². The van der Waals surface area contributed by atoms with E-state index in [4.69, 9.17) is 0 Å². The largest absolute Gasteiger partial charge is 0.0625 e. The summed E-state index contributed by atoms with van der Waals surface area (Å²) in [5.41, 5.74) is 0.694. The highest BCUT2D eigenvalue weighted by Gasteiger charge is 2.39. The van der Waals surface area contributed by atoms with Gasteiger partial charge in [-0.15, -0.1) is 0 Å². The van der Waals surface area contributed by atoms with Gasteiger partial charge in [0.1, 0.15) is 0 Å². The van der Waals surface area contributed by atoms with E-state index in [0.29, 0.717) is 5.41 Å². The maximum absolute atomic E-state index is 2.39. The number of rotatable bonds is 4. The summed E-state index contributed by atoms with van der Waals surface area (Å²) in [5.74, 6) is 5.62. The van der Waals surface area contributed by atoms with Gasteiger partial charge in [-0.2, -0.15) is 0 Å². The van der Waals surface area contributed by atoms with E-state index in [-0.39, 0.29) is 0 Å². The first-order valence-corrected chi connectivity index (χ1v) is 10.2. The summed E-state index contributed by atoms with van der Waals surface area (Å²) < 4.78 is 0. The molecule has 2 aliphatic carbocycles. The summed E-state index contributed by atoms with van der Waals surface area (Å²) in [6.07, 6.45) is 10.3. The van der Waals surface area contributed by atoms with Crippen molar-refractivity contribution in [1.82, 2.24) is 0 Å². The maximum Gasteiger partial charge on any atom is -0.0251 e. The van der Waals surface area contributed by atoms with E-state index in [2.05, 4.69) is 55.4 Å². The van der Waals surface area contributed by atoms with Crippen LogP contribution >= 0.6 is 0 Å². The van der Waals surface area contributed by atoms with Crippen LogP contribution in [0.4, 0.5) is 0 Å². The van der Waals surface area contributed by atoms with Crippen molar-refractivity contribution in [3.8, 4) is 0 Å². The second kappa shape index (κ2) is 8.74. The van der Waals surface area contributed by atoms with Crippen molar-refractivity contribution in [1.29, 1.82) is 0 Å². The third kappa shape index (κ3) is 4.75. The zero-order valence-electron chi connectivity index (χ0n) is 16.9. The van der Waals surface area contributed by atoms with Gasteiger partial charge in [0.2, 0.25) is 0 Å². The molecule has 2 fully saturated rings. The molecule has 0 amide bonds. The molecule has 22 heavy (non-hydrogen) atoms. The monoisotopic (exact) mass is 308 g/mol. The molecule has 2 unspecified atom stereocenters. The Labute approximate surface area is 141 Å². The van der Waals surface area contributed by atoms with Gasteiger partial charge >= 0.3 is 0 Å². The van der Waals surface area contributed by atoms with Crippen LogP contribution in [0.25, 0.3) is 0 Å². The minimum Gasteiger partial charge on any atom is -0.0625 e. The van der Waals surface area contributed by atoms with Gasteiger partial charge in [0.05, 0.1) is 0 Å². The lowest BCUT2D eigenvalue weighted by molar-refractivity contribution is 0.121. The van der Waals surface area contributed by atoms with Crippen molar-refractivity contribution in [3.05, 3.63) is 0 Å². The molecule has 2 aliphatic rings.